The number of phenols is 1. The Morgan fingerprint density at radius 3 is 2.91 bits per heavy atom. The molecule has 1 heterocycles. The summed E-state index contributed by atoms with van der Waals surface area (Å²) in [5, 5.41) is 20.9. The molecule has 114 valence electrons. The van der Waals surface area contributed by atoms with E-state index in [1.54, 1.807) is 31.2 Å². The summed E-state index contributed by atoms with van der Waals surface area (Å²) in [7, 11) is 0. The lowest BCUT2D eigenvalue weighted by atomic mass is 9.96. The lowest BCUT2D eigenvalue weighted by molar-refractivity contribution is 0.0948. The van der Waals surface area contributed by atoms with Crippen molar-refractivity contribution < 1.29 is 9.90 Å². The Morgan fingerprint density at radius 2 is 2.09 bits per heavy atom. The van der Waals surface area contributed by atoms with E-state index >= 15 is 0 Å². The third-order valence-corrected chi connectivity index (χ3v) is 3.89. The zero-order valence-electron chi connectivity index (χ0n) is 12.4. The quantitative estimate of drug-likeness (QED) is 0.599. The van der Waals surface area contributed by atoms with E-state index in [0.29, 0.717) is 17.0 Å². The minimum Gasteiger partial charge on any atom is -0.507 e. The molecule has 0 saturated heterocycles. The number of phenolic OH excluding ortho intramolecular Hbond substituents is 1. The smallest absolute Gasteiger partial charge is 0.292 e. The number of fused-ring (bicyclic) bond motifs is 1. The van der Waals surface area contributed by atoms with Crippen molar-refractivity contribution in [2.45, 2.75) is 32.6 Å². The number of hydrogen-bond donors (Lipinski definition) is 3. The molecule has 3 N–H and O–H groups in total. The van der Waals surface area contributed by atoms with E-state index in [4.69, 9.17) is 0 Å². The van der Waals surface area contributed by atoms with Gasteiger partial charge in [0.25, 0.3) is 5.91 Å². The molecule has 0 atom stereocenters. The summed E-state index contributed by atoms with van der Waals surface area (Å²) in [6.45, 7) is 1.73. The number of aryl methyl sites for hydroxylation is 1. The number of para-hydroxylation sites is 1. The molecule has 0 fully saturated rings. The van der Waals surface area contributed by atoms with Gasteiger partial charge in [0.05, 0.1) is 5.71 Å². The molecule has 0 aliphatic heterocycles. The first-order valence-corrected chi connectivity index (χ1v) is 7.36. The van der Waals surface area contributed by atoms with E-state index in [2.05, 4.69) is 20.7 Å². The van der Waals surface area contributed by atoms with Crippen LogP contribution in [0.25, 0.3) is 0 Å². The number of aromatic nitrogens is 2. The van der Waals surface area contributed by atoms with Gasteiger partial charge in [-0.3, -0.25) is 9.89 Å². The highest BCUT2D eigenvalue weighted by Crippen LogP contribution is 2.22. The molecule has 1 aromatic carbocycles. The zero-order valence-corrected chi connectivity index (χ0v) is 12.4. The molecule has 22 heavy (non-hydrogen) atoms. The van der Waals surface area contributed by atoms with Crippen LogP contribution in [0.1, 0.15) is 47.1 Å². The van der Waals surface area contributed by atoms with Gasteiger partial charge in [0.2, 0.25) is 0 Å². The fraction of sp³-hybridized carbons (Fsp3) is 0.312. The number of aromatic hydroxyl groups is 1. The minimum atomic E-state index is -0.325. The maximum atomic E-state index is 12.2. The lowest BCUT2D eigenvalue weighted by Gasteiger charge is -2.10. The highest BCUT2D eigenvalue weighted by atomic mass is 16.3. The van der Waals surface area contributed by atoms with E-state index in [1.165, 1.54) is 0 Å². The first kappa shape index (κ1) is 14.3. The van der Waals surface area contributed by atoms with Gasteiger partial charge in [-0.05, 0) is 44.7 Å². The molecule has 0 bridgehead atoms. The average Bonchev–Trinajstić information content (AvgIpc) is 2.97. The van der Waals surface area contributed by atoms with Gasteiger partial charge in [-0.2, -0.15) is 10.2 Å². The van der Waals surface area contributed by atoms with Crippen molar-refractivity contribution >= 4 is 11.6 Å². The van der Waals surface area contributed by atoms with Crippen molar-refractivity contribution in [2.75, 3.05) is 0 Å². The number of rotatable bonds is 3. The van der Waals surface area contributed by atoms with Crippen molar-refractivity contribution in [1.29, 1.82) is 0 Å². The maximum Gasteiger partial charge on any atom is 0.292 e. The van der Waals surface area contributed by atoms with E-state index in [1.807, 2.05) is 0 Å². The van der Waals surface area contributed by atoms with Gasteiger partial charge in [-0.1, -0.05) is 12.1 Å². The van der Waals surface area contributed by atoms with Crippen molar-refractivity contribution in [3.05, 3.63) is 46.8 Å². The molecule has 1 aromatic heterocycles. The molecular formula is C16H18N4O2. The summed E-state index contributed by atoms with van der Waals surface area (Å²) in [4.78, 5) is 12.2. The molecule has 0 radical (unpaired) electrons. The number of benzene rings is 1. The second-order valence-electron chi connectivity index (χ2n) is 5.39. The van der Waals surface area contributed by atoms with Crippen molar-refractivity contribution in [3.8, 4) is 5.75 Å². The Balaban J connectivity index is 1.76. The average molecular weight is 298 g/mol. The van der Waals surface area contributed by atoms with E-state index < -0.39 is 0 Å². The molecule has 1 amide bonds. The monoisotopic (exact) mass is 298 g/mol. The summed E-state index contributed by atoms with van der Waals surface area (Å²) in [6, 6.07) is 6.87. The molecule has 0 unspecified atom stereocenters. The minimum absolute atomic E-state index is 0.134. The van der Waals surface area contributed by atoms with Gasteiger partial charge < -0.3 is 5.11 Å². The lowest BCUT2D eigenvalue weighted by Crippen LogP contribution is -2.21. The molecule has 2 aromatic rings. The topological polar surface area (TPSA) is 90.4 Å². The van der Waals surface area contributed by atoms with Crippen molar-refractivity contribution in [1.82, 2.24) is 15.6 Å². The molecule has 6 nitrogen and oxygen atoms in total. The van der Waals surface area contributed by atoms with Gasteiger partial charge in [-0.25, -0.2) is 5.43 Å². The fourth-order valence-corrected chi connectivity index (χ4v) is 2.70. The summed E-state index contributed by atoms with van der Waals surface area (Å²) in [6.07, 6.45) is 4.01. The maximum absolute atomic E-state index is 12.2. The van der Waals surface area contributed by atoms with Crippen molar-refractivity contribution in [3.63, 3.8) is 0 Å². The first-order chi connectivity index (χ1) is 10.7. The molecular weight excluding hydrogens is 280 g/mol. The number of carbonyl (C=O) groups is 1. The highest BCUT2D eigenvalue weighted by molar-refractivity contribution is 6.02. The predicted octanol–water partition coefficient (Wildman–Crippen LogP) is 2.15. The second kappa shape index (κ2) is 6.01. The number of carbonyl (C=O) groups excluding carboxylic acids is 1. The molecule has 1 aliphatic rings. The van der Waals surface area contributed by atoms with Crippen LogP contribution in [0, 0.1) is 0 Å². The zero-order chi connectivity index (χ0) is 15.5. The molecule has 0 saturated carbocycles. The molecule has 1 aliphatic carbocycles. The Morgan fingerprint density at radius 1 is 1.32 bits per heavy atom. The standard InChI is InChI=1S/C16H18N4O2/c1-10(11-6-3-5-9-14(11)21)17-20-16(22)15-12-7-2-4-8-13(12)18-19-15/h3,5-6,9,21H,2,4,7-8H2,1H3,(H,18,19)(H,20,22). The molecule has 0 spiro atoms. The van der Waals surface area contributed by atoms with Gasteiger partial charge >= 0.3 is 0 Å². The highest BCUT2D eigenvalue weighted by Gasteiger charge is 2.21. The van der Waals surface area contributed by atoms with Crippen LogP contribution in [0.5, 0.6) is 5.75 Å². The van der Waals surface area contributed by atoms with Crippen LogP contribution in [0.15, 0.2) is 29.4 Å². The number of amides is 1. The van der Waals surface area contributed by atoms with Gasteiger partial charge in [-0.15, -0.1) is 0 Å². The number of hydrazone groups is 1. The Hall–Kier alpha value is -2.63. The predicted molar refractivity (Wildman–Crippen MR) is 83.0 cm³/mol. The number of H-pyrrole nitrogens is 1. The number of nitrogens with zero attached hydrogens (tertiary/aromatic N) is 2. The van der Waals surface area contributed by atoms with Crippen LogP contribution in [0.2, 0.25) is 0 Å². The second-order valence-corrected chi connectivity index (χ2v) is 5.39. The van der Waals surface area contributed by atoms with Crippen LogP contribution in [0.3, 0.4) is 0 Å². The van der Waals surface area contributed by atoms with Crippen LogP contribution in [-0.2, 0) is 12.8 Å². The third kappa shape index (κ3) is 2.72. The van der Waals surface area contributed by atoms with Gasteiger partial charge in [0.1, 0.15) is 5.75 Å². The van der Waals surface area contributed by atoms with Crippen LogP contribution in [-0.4, -0.2) is 26.9 Å². The number of nitrogens with one attached hydrogen (secondary N) is 2. The first-order valence-electron chi connectivity index (χ1n) is 7.36. The van der Waals surface area contributed by atoms with Crippen LogP contribution in [0.4, 0.5) is 0 Å². The summed E-state index contributed by atoms with van der Waals surface area (Å²) >= 11 is 0. The number of aromatic amines is 1. The summed E-state index contributed by atoms with van der Waals surface area (Å²) < 4.78 is 0. The Bertz CT molecular complexity index is 733. The largest absolute Gasteiger partial charge is 0.507 e. The van der Waals surface area contributed by atoms with E-state index in [9.17, 15) is 9.90 Å². The summed E-state index contributed by atoms with van der Waals surface area (Å²) in [5.41, 5.74) is 6.12. The van der Waals surface area contributed by atoms with Gasteiger partial charge in [0, 0.05) is 16.8 Å². The number of hydrogen-bond acceptors (Lipinski definition) is 4. The molecule has 6 heteroatoms. The van der Waals surface area contributed by atoms with E-state index in [0.717, 1.165) is 36.9 Å². The summed E-state index contributed by atoms with van der Waals surface area (Å²) in [5.74, 6) is -0.190. The normalized spacial score (nSPS) is 14.5. The fourth-order valence-electron chi connectivity index (χ4n) is 2.70. The SMILES string of the molecule is CC(=NNC(=O)c1n[nH]c2c1CCCC2)c1ccccc1O. The molecule has 3 rings (SSSR count). The van der Waals surface area contributed by atoms with Gasteiger partial charge in [0.15, 0.2) is 5.69 Å². The van der Waals surface area contributed by atoms with Crippen LogP contribution >= 0.6 is 0 Å². The Kier molecular flexibility index (Phi) is 3.91. The Labute approximate surface area is 128 Å². The van der Waals surface area contributed by atoms with E-state index in [-0.39, 0.29) is 11.7 Å². The van der Waals surface area contributed by atoms with Crippen LogP contribution < -0.4 is 5.43 Å². The van der Waals surface area contributed by atoms with Crippen molar-refractivity contribution in [2.24, 2.45) is 5.10 Å². The third-order valence-electron chi connectivity index (χ3n) is 3.89.